The van der Waals surface area contributed by atoms with Crippen LogP contribution >= 0.6 is 0 Å². The Balaban J connectivity index is 1.67. The molecule has 1 aromatic rings. The number of rotatable bonds is 3. The summed E-state index contributed by atoms with van der Waals surface area (Å²) in [5.41, 5.74) is 4.24. The third-order valence-electron chi connectivity index (χ3n) is 6.35. The van der Waals surface area contributed by atoms with Gasteiger partial charge < -0.3 is 15.0 Å². The lowest BCUT2D eigenvalue weighted by Gasteiger charge is -2.40. The highest BCUT2D eigenvalue weighted by Gasteiger charge is 2.47. The van der Waals surface area contributed by atoms with Crippen molar-refractivity contribution in [2.24, 2.45) is 5.41 Å². The molecule has 5 nitrogen and oxygen atoms in total. The molecule has 2 saturated heterocycles. The number of hydrogen-bond donors (Lipinski definition) is 2. The first-order chi connectivity index (χ1) is 12.9. The van der Waals surface area contributed by atoms with Gasteiger partial charge in [0, 0.05) is 18.8 Å². The predicted octanol–water partition coefficient (Wildman–Crippen LogP) is 2.54. The Labute approximate surface area is 165 Å². The van der Waals surface area contributed by atoms with Crippen LogP contribution in [0.25, 0.3) is 0 Å². The maximum absolute atomic E-state index is 13.0. The Morgan fingerprint density at radius 1 is 1.22 bits per heavy atom. The fraction of sp³-hybridized carbons (Fsp3) is 0.714. The average molecular weight is 392 g/mol. The highest BCUT2D eigenvalue weighted by atomic mass is 32.2. The topological polar surface area (TPSA) is 53.6 Å². The van der Waals surface area contributed by atoms with Crippen molar-refractivity contribution >= 4 is 16.7 Å². The maximum Gasteiger partial charge on any atom is 0.0976 e. The van der Waals surface area contributed by atoms with E-state index in [9.17, 15) is 4.21 Å². The molecular weight excluding hydrogens is 358 g/mol. The Morgan fingerprint density at radius 3 is 2.59 bits per heavy atom. The summed E-state index contributed by atoms with van der Waals surface area (Å²) in [7, 11) is -1.08. The van der Waals surface area contributed by atoms with E-state index in [2.05, 4.69) is 33.1 Å². The molecule has 1 aromatic carbocycles. The molecule has 2 atom stereocenters. The van der Waals surface area contributed by atoms with Crippen LogP contribution in [0.2, 0.25) is 0 Å². The molecule has 0 unspecified atom stereocenters. The largest absolute Gasteiger partial charge is 0.378 e. The smallest absolute Gasteiger partial charge is 0.0976 e. The van der Waals surface area contributed by atoms with Gasteiger partial charge in [0.2, 0.25) is 0 Å². The molecule has 2 fully saturated rings. The SMILES string of the molecule is CC(C)(C)[S@@](=O)N[C@@H]1c2cc(N3CCOCC3)ccc2CC12CCNCC2. The van der Waals surface area contributed by atoms with Gasteiger partial charge in [-0.05, 0) is 81.8 Å². The van der Waals surface area contributed by atoms with Gasteiger partial charge in [-0.25, -0.2) is 8.93 Å². The van der Waals surface area contributed by atoms with Crippen LogP contribution in [0.15, 0.2) is 18.2 Å². The number of piperidine rings is 1. The summed E-state index contributed by atoms with van der Waals surface area (Å²) < 4.78 is 21.8. The molecule has 4 rings (SSSR count). The minimum Gasteiger partial charge on any atom is -0.378 e. The number of anilines is 1. The molecule has 0 amide bonds. The van der Waals surface area contributed by atoms with E-state index in [1.807, 2.05) is 20.8 Å². The van der Waals surface area contributed by atoms with E-state index in [4.69, 9.17) is 4.74 Å². The van der Waals surface area contributed by atoms with E-state index in [0.29, 0.717) is 0 Å². The molecule has 3 aliphatic rings. The van der Waals surface area contributed by atoms with Gasteiger partial charge in [-0.3, -0.25) is 0 Å². The third-order valence-corrected chi connectivity index (χ3v) is 7.91. The van der Waals surface area contributed by atoms with Crippen molar-refractivity contribution in [1.82, 2.24) is 10.0 Å². The summed E-state index contributed by atoms with van der Waals surface area (Å²) in [6.07, 6.45) is 3.35. The summed E-state index contributed by atoms with van der Waals surface area (Å²) in [5.74, 6) is 0. The molecule has 0 bridgehead atoms. The van der Waals surface area contributed by atoms with Gasteiger partial charge in [0.15, 0.2) is 0 Å². The molecule has 2 heterocycles. The zero-order valence-electron chi connectivity index (χ0n) is 16.8. The van der Waals surface area contributed by atoms with Gasteiger partial charge in [-0.2, -0.15) is 0 Å². The molecule has 0 radical (unpaired) electrons. The zero-order valence-corrected chi connectivity index (χ0v) is 17.7. The highest BCUT2D eigenvalue weighted by Crippen LogP contribution is 2.52. The van der Waals surface area contributed by atoms with E-state index in [-0.39, 0.29) is 16.2 Å². The Bertz CT molecular complexity index is 704. The predicted molar refractivity (Wildman–Crippen MR) is 111 cm³/mol. The Kier molecular flexibility index (Phi) is 5.36. The number of nitrogens with zero attached hydrogens (tertiary/aromatic N) is 1. The lowest BCUT2D eigenvalue weighted by molar-refractivity contribution is 0.122. The van der Waals surface area contributed by atoms with Gasteiger partial charge in [0.25, 0.3) is 0 Å². The second kappa shape index (κ2) is 7.47. The summed E-state index contributed by atoms with van der Waals surface area (Å²) in [6, 6.07) is 7.10. The van der Waals surface area contributed by atoms with Gasteiger partial charge in [-0.1, -0.05) is 6.07 Å². The van der Waals surface area contributed by atoms with Crippen LogP contribution in [0.4, 0.5) is 5.69 Å². The quantitative estimate of drug-likeness (QED) is 0.831. The normalized spacial score (nSPS) is 26.2. The van der Waals surface area contributed by atoms with Crippen molar-refractivity contribution in [3.63, 3.8) is 0 Å². The average Bonchev–Trinajstić information content (AvgIpc) is 2.94. The molecule has 150 valence electrons. The van der Waals surface area contributed by atoms with E-state index < -0.39 is 11.0 Å². The first-order valence-corrected chi connectivity index (χ1v) is 11.4. The van der Waals surface area contributed by atoms with E-state index in [1.165, 1.54) is 16.8 Å². The monoisotopic (exact) mass is 391 g/mol. The number of fused-ring (bicyclic) bond motifs is 1. The van der Waals surface area contributed by atoms with Crippen LogP contribution < -0.4 is 14.9 Å². The van der Waals surface area contributed by atoms with Crippen LogP contribution in [-0.2, 0) is 22.1 Å². The van der Waals surface area contributed by atoms with Crippen LogP contribution in [0.1, 0.15) is 50.8 Å². The Hall–Kier alpha value is -0.950. The first-order valence-electron chi connectivity index (χ1n) is 10.2. The van der Waals surface area contributed by atoms with Crippen molar-refractivity contribution in [2.45, 2.75) is 50.8 Å². The number of morpholine rings is 1. The number of nitrogens with one attached hydrogen (secondary N) is 2. The zero-order chi connectivity index (χ0) is 19.1. The molecule has 2 N–H and O–H groups in total. The summed E-state index contributed by atoms with van der Waals surface area (Å²) >= 11 is 0. The van der Waals surface area contributed by atoms with Crippen LogP contribution in [-0.4, -0.2) is 48.3 Å². The second-order valence-electron chi connectivity index (χ2n) is 9.20. The third kappa shape index (κ3) is 3.82. The van der Waals surface area contributed by atoms with Gasteiger partial charge in [-0.15, -0.1) is 0 Å². The number of ether oxygens (including phenoxy) is 1. The lowest BCUT2D eigenvalue weighted by atomic mass is 9.73. The second-order valence-corrected chi connectivity index (χ2v) is 11.2. The van der Waals surface area contributed by atoms with Crippen molar-refractivity contribution in [1.29, 1.82) is 0 Å². The number of hydrogen-bond acceptors (Lipinski definition) is 4. The summed E-state index contributed by atoms with van der Waals surface area (Å²) in [5, 5.41) is 3.50. The minimum atomic E-state index is -1.08. The molecule has 0 saturated carbocycles. The molecule has 6 heteroatoms. The number of benzene rings is 1. The fourth-order valence-corrected chi connectivity index (χ4v) is 5.65. The molecular formula is C21H33N3O2S. The Morgan fingerprint density at radius 2 is 1.93 bits per heavy atom. The fourth-order valence-electron chi connectivity index (χ4n) is 4.70. The minimum absolute atomic E-state index is 0.163. The summed E-state index contributed by atoms with van der Waals surface area (Å²) in [6.45, 7) is 11.7. The standard InChI is InChI=1S/C21H33N3O2S/c1-20(2,3)27(25)23-19-18-14-17(24-10-12-26-13-11-24)5-4-16(18)15-21(19)6-8-22-9-7-21/h4-5,14,19,22-23H,6-13,15H2,1-3H3/t19-,27-/m1/s1. The van der Waals surface area contributed by atoms with Gasteiger partial charge in [0.1, 0.15) is 0 Å². The van der Waals surface area contributed by atoms with Crippen molar-refractivity contribution < 1.29 is 8.95 Å². The summed E-state index contributed by atoms with van der Waals surface area (Å²) in [4.78, 5) is 2.41. The van der Waals surface area contributed by atoms with E-state index in [1.54, 1.807) is 0 Å². The molecule has 1 aliphatic carbocycles. The van der Waals surface area contributed by atoms with Crippen LogP contribution in [0.3, 0.4) is 0 Å². The van der Waals surface area contributed by atoms with Crippen LogP contribution in [0.5, 0.6) is 0 Å². The highest BCUT2D eigenvalue weighted by molar-refractivity contribution is 7.84. The van der Waals surface area contributed by atoms with Crippen LogP contribution in [0, 0.1) is 5.41 Å². The lowest BCUT2D eigenvalue weighted by Crippen LogP contribution is -2.46. The molecule has 2 aliphatic heterocycles. The first kappa shape index (κ1) is 19.4. The van der Waals surface area contributed by atoms with Gasteiger partial charge in [0.05, 0.1) is 35.0 Å². The maximum atomic E-state index is 13.0. The molecule has 27 heavy (non-hydrogen) atoms. The molecule has 1 spiro atoms. The molecule has 0 aromatic heterocycles. The van der Waals surface area contributed by atoms with Crippen molar-refractivity contribution in [3.05, 3.63) is 29.3 Å². The van der Waals surface area contributed by atoms with Crippen molar-refractivity contribution in [2.75, 3.05) is 44.3 Å². The van der Waals surface area contributed by atoms with E-state index >= 15 is 0 Å². The van der Waals surface area contributed by atoms with E-state index in [0.717, 1.165) is 58.7 Å². The van der Waals surface area contributed by atoms with Crippen molar-refractivity contribution in [3.8, 4) is 0 Å². The van der Waals surface area contributed by atoms with Gasteiger partial charge >= 0.3 is 0 Å².